The highest BCUT2D eigenvalue weighted by molar-refractivity contribution is 5.89. The van der Waals surface area contributed by atoms with Gasteiger partial charge in [-0.05, 0) is 36.6 Å². The van der Waals surface area contributed by atoms with Crippen molar-refractivity contribution >= 4 is 16.9 Å². The van der Waals surface area contributed by atoms with E-state index in [1.807, 2.05) is 17.0 Å². The number of rotatable bonds is 6. The summed E-state index contributed by atoms with van der Waals surface area (Å²) < 4.78 is 18.8. The van der Waals surface area contributed by atoms with Crippen LogP contribution in [0.15, 0.2) is 55.0 Å². The zero-order valence-corrected chi connectivity index (χ0v) is 18.9. The second-order valence-electron chi connectivity index (χ2n) is 7.87. The van der Waals surface area contributed by atoms with Gasteiger partial charge in [0.1, 0.15) is 11.6 Å². The zero-order valence-electron chi connectivity index (χ0n) is 18.9. The highest BCUT2D eigenvalue weighted by Gasteiger charge is 2.23. The van der Waals surface area contributed by atoms with E-state index < -0.39 is 5.83 Å². The minimum Gasteiger partial charge on any atom is -0.467 e. The van der Waals surface area contributed by atoms with Gasteiger partial charge in [-0.2, -0.15) is 9.97 Å². The Morgan fingerprint density at radius 2 is 1.81 bits per heavy atom. The number of fused-ring (bicyclic) bond motifs is 1. The molecule has 0 N–H and O–H groups in total. The molecule has 0 spiro atoms. The molecule has 0 bridgehead atoms. The maximum Gasteiger partial charge on any atom is 0.320 e. The van der Waals surface area contributed by atoms with Crippen molar-refractivity contribution in [3.8, 4) is 17.3 Å². The first kappa shape index (κ1) is 21.7. The molecule has 0 saturated carbocycles. The van der Waals surface area contributed by atoms with Crippen LogP contribution in [0.5, 0.6) is 6.01 Å². The minimum absolute atomic E-state index is 0.278. The molecule has 0 aliphatic carbocycles. The first-order valence-corrected chi connectivity index (χ1v) is 10.8. The molecule has 4 rings (SSSR count). The maximum atomic E-state index is 13.5. The number of nitrogens with zero attached hydrogens (tertiary/aromatic N) is 5. The Kier molecular flexibility index (Phi) is 6.08. The van der Waals surface area contributed by atoms with Crippen molar-refractivity contribution in [2.24, 2.45) is 0 Å². The van der Waals surface area contributed by atoms with Gasteiger partial charge < -0.3 is 14.5 Å². The normalized spacial score (nSPS) is 14.0. The van der Waals surface area contributed by atoms with Crippen LogP contribution in [0, 0.1) is 6.92 Å². The molecule has 1 aliphatic heterocycles. The van der Waals surface area contributed by atoms with Crippen LogP contribution in [0.3, 0.4) is 0 Å². The van der Waals surface area contributed by atoms with Gasteiger partial charge in [-0.25, -0.2) is 9.37 Å². The fourth-order valence-electron chi connectivity index (χ4n) is 4.16. The number of piperazine rings is 1. The summed E-state index contributed by atoms with van der Waals surface area (Å²) in [5, 5.41) is 0.862. The number of aryl methyl sites for hydroxylation is 1. The lowest BCUT2D eigenvalue weighted by Gasteiger charge is -2.37. The summed E-state index contributed by atoms with van der Waals surface area (Å²) in [6.45, 7) is 14.0. The van der Waals surface area contributed by atoms with Crippen LogP contribution in [-0.2, 0) is 6.42 Å². The van der Waals surface area contributed by atoms with E-state index in [1.165, 1.54) is 11.1 Å². The molecule has 0 atom stereocenters. The molecule has 7 heteroatoms. The molecule has 6 nitrogen and oxygen atoms in total. The second kappa shape index (κ2) is 8.94. The van der Waals surface area contributed by atoms with Crippen molar-refractivity contribution < 1.29 is 9.13 Å². The number of allylic oxidation sites excluding steroid dienone is 1. The molecule has 32 heavy (non-hydrogen) atoms. The monoisotopic (exact) mass is 433 g/mol. The third kappa shape index (κ3) is 4.02. The molecular weight excluding hydrogens is 405 g/mol. The number of methoxy groups -OCH3 is 1. The van der Waals surface area contributed by atoms with Crippen LogP contribution in [0.25, 0.3) is 22.3 Å². The Morgan fingerprint density at radius 1 is 1.06 bits per heavy atom. The Labute approximate surface area is 188 Å². The summed E-state index contributed by atoms with van der Waals surface area (Å²) in [5.74, 6) is 0.279. The van der Waals surface area contributed by atoms with Crippen LogP contribution < -0.4 is 9.64 Å². The van der Waals surface area contributed by atoms with Crippen molar-refractivity contribution in [1.29, 1.82) is 0 Å². The number of benzene rings is 1. The zero-order chi connectivity index (χ0) is 22.8. The average Bonchev–Trinajstić information content (AvgIpc) is 2.82. The van der Waals surface area contributed by atoms with Gasteiger partial charge in [0, 0.05) is 31.7 Å². The molecule has 1 saturated heterocycles. The molecule has 1 aromatic carbocycles. The molecule has 0 radical (unpaired) electrons. The maximum absolute atomic E-state index is 13.5. The van der Waals surface area contributed by atoms with E-state index >= 15 is 0 Å². The van der Waals surface area contributed by atoms with E-state index in [9.17, 15) is 4.39 Å². The van der Waals surface area contributed by atoms with Crippen LogP contribution in [0.2, 0.25) is 0 Å². The predicted octanol–water partition coefficient (Wildman–Crippen LogP) is 4.69. The Morgan fingerprint density at radius 3 is 2.47 bits per heavy atom. The lowest BCUT2D eigenvalue weighted by atomic mass is 9.98. The molecule has 1 aliphatic rings. The number of hydrogen-bond donors (Lipinski definition) is 0. The fourth-order valence-corrected chi connectivity index (χ4v) is 4.16. The molecule has 166 valence electrons. The summed E-state index contributed by atoms with van der Waals surface area (Å²) >= 11 is 0. The van der Waals surface area contributed by atoms with Gasteiger partial charge in [0.15, 0.2) is 5.65 Å². The Hall–Kier alpha value is -3.48. The van der Waals surface area contributed by atoms with Crippen LogP contribution in [-0.4, -0.2) is 53.1 Å². The smallest absolute Gasteiger partial charge is 0.320 e. The van der Waals surface area contributed by atoms with Gasteiger partial charge in [0.2, 0.25) is 0 Å². The van der Waals surface area contributed by atoms with Gasteiger partial charge in [0.05, 0.1) is 23.9 Å². The third-order valence-electron chi connectivity index (χ3n) is 6.08. The van der Waals surface area contributed by atoms with E-state index in [4.69, 9.17) is 9.72 Å². The van der Waals surface area contributed by atoms with Gasteiger partial charge in [-0.1, -0.05) is 38.3 Å². The average molecular weight is 434 g/mol. The van der Waals surface area contributed by atoms with E-state index in [0.29, 0.717) is 37.5 Å². The van der Waals surface area contributed by atoms with Crippen molar-refractivity contribution in [3.05, 3.63) is 66.1 Å². The van der Waals surface area contributed by atoms with Gasteiger partial charge in [-0.15, -0.1) is 0 Å². The summed E-state index contributed by atoms with van der Waals surface area (Å²) in [5.41, 5.74) is 5.44. The predicted molar refractivity (Wildman–Crippen MR) is 127 cm³/mol. The van der Waals surface area contributed by atoms with E-state index in [1.54, 1.807) is 7.11 Å². The van der Waals surface area contributed by atoms with Crippen LogP contribution >= 0.6 is 0 Å². The number of aromatic nitrogens is 3. The van der Waals surface area contributed by atoms with Crippen LogP contribution in [0.1, 0.15) is 18.1 Å². The van der Waals surface area contributed by atoms with Gasteiger partial charge in [-0.3, -0.25) is 0 Å². The van der Waals surface area contributed by atoms with Crippen molar-refractivity contribution in [3.63, 3.8) is 0 Å². The number of anilines is 1. The van der Waals surface area contributed by atoms with E-state index in [-0.39, 0.29) is 6.01 Å². The van der Waals surface area contributed by atoms with E-state index in [0.717, 1.165) is 28.9 Å². The van der Waals surface area contributed by atoms with E-state index in [2.05, 4.69) is 60.1 Å². The summed E-state index contributed by atoms with van der Waals surface area (Å²) in [6.07, 6.45) is 0.974. The highest BCUT2D eigenvalue weighted by Crippen LogP contribution is 2.31. The van der Waals surface area contributed by atoms with Crippen molar-refractivity contribution in [2.75, 3.05) is 38.2 Å². The highest BCUT2D eigenvalue weighted by atomic mass is 19.1. The second-order valence-corrected chi connectivity index (χ2v) is 7.87. The SMILES string of the molecule is C=C(F)C(=C)N1CCN(c2nc(OC)nc3nc(-c4cccc(CC)c4C)ccc23)CC1. The van der Waals surface area contributed by atoms with Crippen molar-refractivity contribution in [2.45, 2.75) is 20.3 Å². The molecule has 0 amide bonds. The third-order valence-corrected chi connectivity index (χ3v) is 6.08. The largest absolute Gasteiger partial charge is 0.467 e. The van der Waals surface area contributed by atoms with Gasteiger partial charge in [0.25, 0.3) is 0 Å². The minimum atomic E-state index is -0.494. The fraction of sp³-hybridized carbons (Fsp3) is 0.320. The first-order valence-electron chi connectivity index (χ1n) is 10.8. The summed E-state index contributed by atoms with van der Waals surface area (Å²) in [7, 11) is 1.55. The Bertz CT molecular complexity index is 1180. The van der Waals surface area contributed by atoms with Crippen LogP contribution in [0.4, 0.5) is 10.2 Å². The number of ether oxygens (including phenoxy) is 1. The Balaban J connectivity index is 1.71. The topological polar surface area (TPSA) is 54.4 Å². The first-order chi connectivity index (χ1) is 15.4. The lowest BCUT2D eigenvalue weighted by Crippen LogP contribution is -2.46. The molecule has 1 fully saturated rings. The molecule has 2 aromatic heterocycles. The number of hydrogen-bond acceptors (Lipinski definition) is 6. The molecule has 0 unspecified atom stereocenters. The molecule has 3 aromatic rings. The van der Waals surface area contributed by atoms with Gasteiger partial charge >= 0.3 is 6.01 Å². The lowest BCUT2D eigenvalue weighted by molar-refractivity contribution is 0.314. The molecule has 3 heterocycles. The summed E-state index contributed by atoms with van der Waals surface area (Å²) in [6, 6.07) is 10.6. The number of pyridine rings is 1. The summed E-state index contributed by atoms with van der Waals surface area (Å²) in [4.78, 5) is 18.1. The quantitative estimate of drug-likeness (QED) is 0.526. The number of halogens is 1. The standard InChI is InChI=1S/C25H28FN5O/c1-6-19-8-7-9-20(16(19)2)22-11-10-21-23(27-22)28-25(32-5)29-24(21)31-14-12-30(13-15-31)18(4)17(3)26/h7-11H,3-4,6,12-15H2,1-2,5H3. The molecular formula is C25H28FN5O. The van der Waals surface area contributed by atoms with Crippen molar-refractivity contribution in [1.82, 2.24) is 19.9 Å².